The van der Waals surface area contributed by atoms with Gasteiger partial charge >= 0.3 is 6.03 Å². The predicted octanol–water partition coefficient (Wildman–Crippen LogP) is -0.246. The van der Waals surface area contributed by atoms with Gasteiger partial charge in [-0.3, -0.25) is 10.1 Å². The van der Waals surface area contributed by atoms with Crippen LogP contribution in [0.1, 0.15) is 30.4 Å². The van der Waals surface area contributed by atoms with E-state index in [1.807, 2.05) is 13.1 Å². The van der Waals surface area contributed by atoms with Gasteiger partial charge in [-0.1, -0.05) is 6.07 Å². The minimum Gasteiger partial charge on any atom is -0.504 e. The first-order valence-corrected chi connectivity index (χ1v) is 9.42. The average molecular weight is 371 g/mol. The van der Waals surface area contributed by atoms with Crippen LogP contribution in [0.25, 0.3) is 0 Å². The van der Waals surface area contributed by atoms with Crippen LogP contribution in [0.3, 0.4) is 0 Å². The number of phenolic OH excluding ortho intramolecular Hbond substituents is 1. The van der Waals surface area contributed by atoms with E-state index >= 15 is 0 Å². The Bertz CT molecular complexity index is 934. The van der Waals surface area contributed by atoms with Crippen LogP contribution in [0, 0.1) is 0 Å². The SMILES string of the molecule is CN1CCC23c4c5ccc(O)c4O[C@H]2C2(CCC3(O)C1C5)NC(=O)NC2=O. The summed E-state index contributed by atoms with van der Waals surface area (Å²) in [5, 5.41) is 27.7. The van der Waals surface area contributed by atoms with Crippen LogP contribution < -0.4 is 15.4 Å². The van der Waals surface area contributed by atoms with Crippen molar-refractivity contribution >= 4 is 11.9 Å². The number of nitrogens with zero attached hydrogens (tertiary/aromatic N) is 1. The number of piperidine rings is 1. The van der Waals surface area contributed by atoms with Crippen molar-refractivity contribution in [2.45, 2.75) is 54.4 Å². The van der Waals surface area contributed by atoms with Crippen LogP contribution in [-0.2, 0) is 16.6 Å². The molecule has 1 saturated carbocycles. The number of imide groups is 1. The second-order valence-corrected chi connectivity index (χ2v) is 8.67. The Labute approximate surface area is 155 Å². The molecule has 6 rings (SSSR count). The number of hydrogen-bond acceptors (Lipinski definition) is 6. The zero-order valence-electron chi connectivity index (χ0n) is 14.9. The van der Waals surface area contributed by atoms with Crippen molar-refractivity contribution in [3.8, 4) is 11.5 Å². The Balaban J connectivity index is 1.67. The number of likely N-dealkylation sites (tertiary alicyclic amines) is 1. The van der Waals surface area contributed by atoms with Crippen LogP contribution in [0.4, 0.5) is 4.79 Å². The quantitative estimate of drug-likeness (QED) is 0.468. The van der Waals surface area contributed by atoms with E-state index in [1.54, 1.807) is 6.07 Å². The maximum Gasteiger partial charge on any atom is 0.322 e. The second kappa shape index (κ2) is 4.39. The summed E-state index contributed by atoms with van der Waals surface area (Å²) in [4.78, 5) is 27.0. The molecule has 3 amide bonds. The van der Waals surface area contributed by atoms with Crippen molar-refractivity contribution in [2.75, 3.05) is 13.6 Å². The third kappa shape index (κ3) is 1.45. The van der Waals surface area contributed by atoms with Crippen LogP contribution in [0.15, 0.2) is 12.1 Å². The van der Waals surface area contributed by atoms with Gasteiger partial charge in [-0.05, 0) is 50.9 Å². The van der Waals surface area contributed by atoms with Gasteiger partial charge in [-0.15, -0.1) is 0 Å². The molecule has 5 atom stereocenters. The van der Waals surface area contributed by atoms with Gasteiger partial charge in [0.25, 0.3) is 5.91 Å². The molecule has 1 aromatic rings. The number of fused-ring (bicyclic) bond motifs is 1. The number of urea groups is 1. The summed E-state index contributed by atoms with van der Waals surface area (Å²) in [6, 6.07) is 2.87. The Morgan fingerprint density at radius 3 is 2.81 bits per heavy atom. The average Bonchev–Trinajstić information content (AvgIpc) is 3.12. The standard InChI is InChI=1S/C19H21N3O5/c1-22-7-6-17-12-9-2-3-10(23)13(12)27-14(17)18(15(24)20-16(25)21-18)4-5-19(17,26)11(22)8-9/h2-3,11,14,23,26H,4-8H2,1H3,(H2,20,21,24,25)/t11?,14-,17?,18?,19?/m1/s1. The van der Waals surface area contributed by atoms with Crippen molar-refractivity contribution in [2.24, 2.45) is 0 Å². The lowest BCUT2D eigenvalue weighted by atomic mass is 9.46. The van der Waals surface area contributed by atoms with E-state index in [9.17, 15) is 19.8 Å². The number of carbonyl (C=O) groups is 2. The van der Waals surface area contributed by atoms with E-state index in [0.29, 0.717) is 31.4 Å². The molecule has 0 radical (unpaired) electrons. The molecule has 4 N–H and O–H groups in total. The molecular formula is C19H21N3O5. The third-order valence-electron chi connectivity index (χ3n) is 7.80. The van der Waals surface area contributed by atoms with Crippen molar-refractivity contribution in [3.63, 3.8) is 0 Å². The van der Waals surface area contributed by atoms with Crippen LogP contribution in [0.2, 0.25) is 0 Å². The van der Waals surface area contributed by atoms with Gasteiger partial charge in [0.15, 0.2) is 17.0 Å². The number of likely N-dealkylation sites (N-methyl/N-ethyl adjacent to an activating group) is 1. The lowest BCUT2D eigenvalue weighted by molar-refractivity contribution is -0.199. The van der Waals surface area contributed by atoms with Gasteiger partial charge in [-0.2, -0.15) is 0 Å². The zero-order valence-corrected chi connectivity index (χ0v) is 14.9. The highest BCUT2D eigenvalue weighted by molar-refractivity contribution is 6.08. The minimum atomic E-state index is -1.23. The Kier molecular flexibility index (Phi) is 2.55. The first-order chi connectivity index (χ1) is 12.8. The topological polar surface area (TPSA) is 111 Å². The fourth-order valence-corrected chi connectivity index (χ4v) is 6.66. The Morgan fingerprint density at radius 2 is 2.07 bits per heavy atom. The smallest absolute Gasteiger partial charge is 0.322 e. The Hall–Kier alpha value is -2.32. The van der Waals surface area contributed by atoms with E-state index in [0.717, 1.165) is 17.7 Å². The van der Waals surface area contributed by atoms with Gasteiger partial charge in [0, 0.05) is 11.6 Å². The summed E-state index contributed by atoms with van der Waals surface area (Å²) in [5.41, 5.74) is -1.29. The van der Waals surface area contributed by atoms with Gasteiger partial charge in [-0.25, -0.2) is 4.79 Å². The molecular weight excluding hydrogens is 350 g/mol. The number of benzene rings is 1. The number of hydrogen-bond donors (Lipinski definition) is 4. The summed E-state index contributed by atoms with van der Waals surface area (Å²) in [6.45, 7) is 0.743. The summed E-state index contributed by atoms with van der Waals surface area (Å²) < 4.78 is 6.26. The molecule has 0 aromatic heterocycles. The third-order valence-corrected chi connectivity index (χ3v) is 7.80. The van der Waals surface area contributed by atoms with Crippen molar-refractivity contribution in [1.29, 1.82) is 0 Å². The maximum absolute atomic E-state index is 12.8. The van der Waals surface area contributed by atoms with Crippen LogP contribution >= 0.6 is 0 Å². The maximum atomic E-state index is 12.8. The molecule has 142 valence electrons. The number of nitrogens with one attached hydrogen (secondary N) is 2. The number of phenols is 1. The summed E-state index contributed by atoms with van der Waals surface area (Å²) in [5.74, 6) is -0.0462. The summed E-state index contributed by atoms with van der Waals surface area (Å²) >= 11 is 0. The molecule has 2 spiro atoms. The van der Waals surface area contributed by atoms with Gasteiger partial charge in [0.05, 0.1) is 11.0 Å². The highest BCUT2D eigenvalue weighted by Crippen LogP contribution is 2.67. The molecule has 2 bridgehead atoms. The van der Waals surface area contributed by atoms with Crippen LogP contribution in [-0.4, -0.2) is 63.9 Å². The highest BCUT2D eigenvalue weighted by Gasteiger charge is 2.78. The number of carbonyl (C=O) groups excluding carboxylic acids is 2. The molecule has 2 aliphatic carbocycles. The van der Waals surface area contributed by atoms with E-state index in [1.165, 1.54) is 0 Å². The normalized spacial score (nSPS) is 43.9. The molecule has 2 saturated heterocycles. The Morgan fingerprint density at radius 1 is 1.26 bits per heavy atom. The minimum absolute atomic E-state index is 0.0112. The molecule has 3 fully saturated rings. The lowest BCUT2D eigenvalue weighted by Gasteiger charge is -2.64. The summed E-state index contributed by atoms with van der Waals surface area (Å²) in [7, 11) is 2.01. The second-order valence-electron chi connectivity index (χ2n) is 8.67. The van der Waals surface area contributed by atoms with Crippen molar-refractivity contribution in [1.82, 2.24) is 15.5 Å². The van der Waals surface area contributed by atoms with E-state index in [-0.39, 0.29) is 11.8 Å². The number of ether oxygens (including phenoxy) is 1. The first kappa shape index (κ1) is 15.7. The van der Waals surface area contributed by atoms with Crippen LogP contribution in [0.5, 0.6) is 11.5 Å². The number of amides is 3. The molecule has 1 aromatic carbocycles. The molecule has 3 aliphatic heterocycles. The largest absolute Gasteiger partial charge is 0.504 e. The van der Waals surface area contributed by atoms with Gasteiger partial charge < -0.3 is 25.2 Å². The monoisotopic (exact) mass is 371 g/mol. The molecule has 3 heterocycles. The van der Waals surface area contributed by atoms with Gasteiger partial charge in [0.1, 0.15) is 6.10 Å². The highest BCUT2D eigenvalue weighted by atomic mass is 16.5. The molecule has 8 nitrogen and oxygen atoms in total. The first-order valence-electron chi connectivity index (χ1n) is 9.42. The lowest BCUT2D eigenvalue weighted by Crippen LogP contribution is -2.81. The van der Waals surface area contributed by atoms with E-state index < -0.39 is 34.6 Å². The van der Waals surface area contributed by atoms with Gasteiger partial charge in [0.2, 0.25) is 0 Å². The predicted molar refractivity (Wildman–Crippen MR) is 92.5 cm³/mol. The number of rotatable bonds is 0. The molecule has 4 unspecified atom stereocenters. The molecule has 27 heavy (non-hydrogen) atoms. The summed E-state index contributed by atoms with van der Waals surface area (Å²) in [6.07, 6.45) is 1.18. The van der Waals surface area contributed by atoms with E-state index in [2.05, 4.69) is 15.5 Å². The number of aromatic hydroxyl groups is 1. The fourth-order valence-electron chi connectivity index (χ4n) is 6.66. The van der Waals surface area contributed by atoms with E-state index in [4.69, 9.17) is 4.74 Å². The zero-order chi connectivity index (χ0) is 18.8. The molecule has 8 heteroatoms. The fraction of sp³-hybridized carbons (Fsp3) is 0.579. The van der Waals surface area contributed by atoms with Crippen molar-refractivity contribution in [3.05, 3.63) is 23.3 Å². The van der Waals surface area contributed by atoms with Crippen molar-refractivity contribution < 1.29 is 24.5 Å². The number of aliphatic hydroxyl groups is 1. The molecule has 5 aliphatic rings.